The lowest BCUT2D eigenvalue weighted by atomic mass is 10.1. The molecule has 0 heterocycles. The number of hydrogen-bond acceptors (Lipinski definition) is 9. The Bertz CT molecular complexity index is 782. The maximum atomic E-state index is 12.2. The highest BCUT2D eigenvalue weighted by atomic mass is 32.1. The zero-order chi connectivity index (χ0) is 29.7. The highest BCUT2D eigenvalue weighted by Gasteiger charge is 2.26. The largest absolute Gasteiger partial charge is 0.467 e. The summed E-state index contributed by atoms with van der Waals surface area (Å²) >= 11 is 5.59. The van der Waals surface area contributed by atoms with E-state index in [9.17, 15) is 19.2 Å². The third kappa shape index (κ3) is 18.4. The van der Waals surface area contributed by atoms with Gasteiger partial charge >= 0.3 is 24.2 Å². The molecule has 220 valence electrons. The molecule has 0 bridgehead atoms. The number of alkyl carbamates (subject to hydrolysis) is 3. The topological polar surface area (TPSA) is 145 Å². The number of hydrogen-bond donors (Lipinski definition) is 3. The van der Waals surface area contributed by atoms with Crippen LogP contribution in [0.3, 0.4) is 0 Å². The summed E-state index contributed by atoms with van der Waals surface area (Å²) in [5.41, 5.74) is -2.01. The van der Waals surface area contributed by atoms with Crippen molar-refractivity contribution in [1.82, 2.24) is 20.9 Å². The van der Waals surface area contributed by atoms with Crippen LogP contribution in [-0.2, 0) is 23.7 Å². The quantitative estimate of drug-likeness (QED) is 0.194. The molecule has 0 aliphatic heterocycles. The smallest absolute Gasteiger partial charge is 0.408 e. The van der Waals surface area contributed by atoms with Crippen LogP contribution in [0, 0.1) is 0 Å². The van der Waals surface area contributed by atoms with Gasteiger partial charge in [0.2, 0.25) is 0 Å². The Hall–Kier alpha value is -2.83. The van der Waals surface area contributed by atoms with Crippen LogP contribution >= 0.6 is 12.2 Å². The number of thiocarbonyl (C=S) groups is 1. The summed E-state index contributed by atoms with van der Waals surface area (Å²) in [5, 5.41) is 7.86. The Morgan fingerprint density at radius 2 is 1.13 bits per heavy atom. The van der Waals surface area contributed by atoms with E-state index in [1.807, 2.05) is 0 Å². The minimum absolute atomic E-state index is 0.153. The van der Waals surface area contributed by atoms with Crippen LogP contribution in [-0.4, -0.2) is 90.3 Å². The number of carbonyl (C=O) groups is 4. The summed E-state index contributed by atoms with van der Waals surface area (Å²) in [6.45, 7) is 16.8. The Kier molecular flexibility index (Phi) is 14.4. The average molecular weight is 563 g/mol. The van der Waals surface area contributed by atoms with Gasteiger partial charge in [-0.05, 0) is 68.7 Å². The number of amides is 3. The molecular weight excluding hydrogens is 516 g/mol. The fourth-order valence-electron chi connectivity index (χ4n) is 2.84. The Morgan fingerprint density at radius 1 is 0.737 bits per heavy atom. The van der Waals surface area contributed by atoms with Crippen molar-refractivity contribution < 1.29 is 38.1 Å². The second-order valence-corrected chi connectivity index (χ2v) is 12.0. The monoisotopic (exact) mass is 562 g/mol. The van der Waals surface area contributed by atoms with E-state index in [2.05, 4.69) is 16.0 Å². The van der Waals surface area contributed by atoms with Crippen molar-refractivity contribution in [2.45, 2.75) is 98.0 Å². The molecule has 0 aromatic rings. The summed E-state index contributed by atoms with van der Waals surface area (Å²) in [6, 6.07) is -0.977. The van der Waals surface area contributed by atoms with Crippen LogP contribution in [0.5, 0.6) is 0 Å². The van der Waals surface area contributed by atoms with E-state index in [4.69, 9.17) is 31.2 Å². The van der Waals surface area contributed by atoms with E-state index in [1.165, 1.54) is 7.11 Å². The van der Waals surface area contributed by atoms with Gasteiger partial charge in [0.05, 0.1) is 12.1 Å². The average Bonchev–Trinajstić information content (AvgIpc) is 2.70. The predicted molar refractivity (Wildman–Crippen MR) is 147 cm³/mol. The second kappa shape index (κ2) is 15.6. The van der Waals surface area contributed by atoms with Gasteiger partial charge in [-0.15, -0.1) is 0 Å². The molecule has 3 N–H and O–H groups in total. The molecule has 38 heavy (non-hydrogen) atoms. The summed E-state index contributed by atoms with van der Waals surface area (Å²) in [4.78, 5) is 50.7. The number of methoxy groups -OCH3 is 1. The summed E-state index contributed by atoms with van der Waals surface area (Å²) in [5.74, 6) is -0.636. The Labute approximate surface area is 231 Å². The predicted octanol–water partition coefficient (Wildman–Crippen LogP) is 3.51. The summed E-state index contributed by atoms with van der Waals surface area (Å²) in [6.07, 6.45) is -1.49. The first-order chi connectivity index (χ1) is 17.2. The first-order valence-corrected chi connectivity index (χ1v) is 12.9. The van der Waals surface area contributed by atoms with Gasteiger partial charge in [-0.25, -0.2) is 19.2 Å². The third-order valence-electron chi connectivity index (χ3n) is 4.28. The van der Waals surface area contributed by atoms with Crippen molar-refractivity contribution in [2.75, 3.05) is 33.3 Å². The van der Waals surface area contributed by atoms with E-state index in [0.29, 0.717) is 18.1 Å². The van der Waals surface area contributed by atoms with Crippen molar-refractivity contribution in [2.24, 2.45) is 0 Å². The molecule has 0 rings (SSSR count). The molecule has 0 saturated heterocycles. The van der Waals surface area contributed by atoms with Crippen LogP contribution < -0.4 is 16.0 Å². The minimum atomic E-state index is -0.977. The molecule has 1 atom stereocenters. The highest BCUT2D eigenvalue weighted by Crippen LogP contribution is 2.11. The van der Waals surface area contributed by atoms with Crippen molar-refractivity contribution in [3.63, 3.8) is 0 Å². The first-order valence-electron chi connectivity index (χ1n) is 12.5. The number of esters is 1. The van der Waals surface area contributed by atoms with Gasteiger partial charge in [-0.1, -0.05) is 12.2 Å². The lowest BCUT2D eigenvalue weighted by molar-refractivity contribution is -0.143. The fourth-order valence-corrected chi connectivity index (χ4v) is 3.14. The van der Waals surface area contributed by atoms with Gasteiger partial charge in [-0.3, -0.25) is 0 Å². The lowest BCUT2D eigenvalue weighted by Gasteiger charge is -2.28. The molecule has 0 aromatic carbocycles. The van der Waals surface area contributed by atoms with Crippen molar-refractivity contribution in [3.8, 4) is 0 Å². The van der Waals surface area contributed by atoms with Gasteiger partial charge in [0.1, 0.15) is 22.8 Å². The molecule has 13 heteroatoms. The molecule has 3 amide bonds. The van der Waals surface area contributed by atoms with Crippen LogP contribution in [0.25, 0.3) is 0 Å². The Balaban J connectivity index is 5.21. The molecular formula is C25H46N4O8S. The zero-order valence-corrected chi connectivity index (χ0v) is 25.3. The summed E-state index contributed by atoms with van der Waals surface area (Å²) in [7, 11) is 1.22. The molecule has 0 radical (unpaired) electrons. The molecule has 0 aliphatic carbocycles. The SMILES string of the molecule is COC(=O)[C@H](CCC(=S)N(CCNC(=O)OC(C)(C)C)CCNC(=O)OC(C)(C)C)NC(=O)OC(C)(C)C. The normalized spacial score (nSPS) is 12.5. The van der Waals surface area contributed by atoms with Gasteiger partial charge in [-0.2, -0.15) is 0 Å². The second-order valence-electron chi connectivity index (χ2n) is 11.5. The third-order valence-corrected chi connectivity index (χ3v) is 4.74. The molecule has 0 aromatic heterocycles. The van der Waals surface area contributed by atoms with E-state index in [0.717, 1.165) is 0 Å². The van der Waals surface area contributed by atoms with Crippen LogP contribution in [0.4, 0.5) is 14.4 Å². The molecule has 0 unspecified atom stereocenters. The number of carbonyl (C=O) groups excluding carboxylic acids is 4. The number of nitrogens with zero attached hydrogens (tertiary/aromatic N) is 1. The Morgan fingerprint density at radius 3 is 1.50 bits per heavy atom. The van der Waals surface area contributed by atoms with E-state index >= 15 is 0 Å². The van der Waals surface area contributed by atoms with Gasteiger partial charge in [0, 0.05) is 32.6 Å². The van der Waals surface area contributed by atoms with Crippen LogP contribution in [0.15, 0.2) is 0 Å². The van der Waals surface area contributed by atoms with E-state index < -0.39 is 47.1 Å². The summed E-state index contributed by atoms with van der Waals surface area (Å²) < 4.78 is 20.5. The maximum absolute atomic E-state index is 12.2. The molecule has 0 fully saturated rings. The van der Waals surface area contributed by atoms with Gasteiger partial charge < -0.3 is 39.8 Å². The zero-order valence-electron chi connectivity index (χ0n) is 24.4. The standard InChI is InChI=1S/C25H46N4O8S/c1-23(2,3)35-20(31)26-13-15-29(16-14-27-21(32)36-24(4,5)6)18(38)12-11-17(19(30)34-10)28-22(33)37-25(7,8)9/h17H,11-16H2,1-10H3,(H,26,31)(H,27,32)(H,28,33)/t17-/m0/s1. The highest BCUT2D eigenvalue weighted by molar-refractivity contribution is 7.80. The molecule has 0 spiro atoms. The molecule has 0 saturated carbocycles. The van der Waals surface area contributed by atoms with Crippen LogP contribution in [0.1, 0.15) is 75.2 Å². The first kappa shape index (κ1) is 35.2. The molecule has 12 nitrogen and oxygen atoms in total. The number of nitrogens with one attached hydrogen (secondary N) is 3. The number of rotatable bonds is 11. The minimum Gasteiger partial charge on any atom is -0.467 e. The van der Waals surface area contributed by atoms with Crippen molar-refractivity contribution in [1.29, 1.82) is 0 Å². The van der Waals surface area contributed by atoms with E-state index in [1.54, 1.807) is 67.2 Å². The number of ether oxygens (including phenoxy) is 4. The molecule has 0 aliphatic rings. The lowest BCUT2D eigenvalue weighted by Crippen LogP contribution is -2.46. The maximum Gasteiger partial charge on any atom is 0.408 e. The van der Waals surface area contributed by atoms with E-state index in [-0.39, 0.29) is 25.9 Å². The van der Waals surface area contributed by atoms with Gasteiger partial charge in [0.15, 0.2) is 0 Å². The van der Waals surface area contributed by atoms with Gasteiger partial charge in [0.25, 0.3) is 0 Å². The van der Waals surface area contributed by atoms with Crippen molar-refractivity contribution >= 4 is 41.5 Å². The van der Waals surface area contributed by atoms with Crippen LogP contribution in [0.2, 0.25) is 0 Å². The van der Waals surface area contributed by atoms with Crippen molar-refractivity contribution in [3.05, 3.63) is 0 Å². The fraction of sp³-hybridized carbons (Fsp3) is 0.800.